The molecular weight excluding hydrogens is 206 g/mol. The minimum atomic E-state index is -0.0626. The number of ether oxygens (including phenoxy) is 1. The van der Waals surface area contributed by atoms with E-state index in [4.69, 9.17) is 4.74 Å². The second-order valence-corrected chi connectivity index (χ2v) is 3.83. The van der Waals surface area contributed by atoms with Crippen molar-refractivity contribution in [2.24, 2.45) is 0 Å². The summed E-state index contributed by atoms with van der Waals surface area (Å²) >= 11 is 0. The summed E-state index contributed by atoms with van der Waals surface area (Å²) in [7, 11) is 0. The number of nitrogens with zero attached hydrogens (tertiary/aromatic N) is 2. The van der Waals surface area contributed by atoms with Crippen molar-refractivity contribution in [1.29, 1.82) is 0 Å². The van der Waals surface area contributed by atoms with E-state index in [0.717, 1.165) is 25.9 Å². The highest BCUT2D eigenvalue weighted by molar-refractivity contribution is 5.89. The lowest BCUT2D eigenvalue weighted by atomic mass is 10.1. The number of hydrogen-bond acceptors (Lipinski definition) is 4. The number of aromatic nitrogens is 2. The van der Waals surface area contributed by atoms with Gasteiger partial charge in [0, 0.05) is 19.0 Å². The Morgan fingerprint density at radius 2 is 2.44 bits per heavy atom. The second kappa shape index (κ2) is 5.55. The standard InChI is InChI=1S/C11H15N3O2/c15-11(7-9-3-1-2-6-16-9)14-10-8-12-4-5-13-10/h4-5,8-9H,1-3,6-7H2,(H,13,14,15)/t9-/m0/s1. The first kappa shape index (κ1) is 11.0. The fourth-order valence-corrected chi connectivity index (χ4v) is 1.73. The number of carbonyl (C=O) groups is 1. The van der Waals surface area contributed by atoms with Gasteiger partial charge in [0.1, 0.15) is 0 Å². The number of anilines is 1. The molecular formula is C11H15N3O2. The predicted molar refractivity (Wildman–Crippen MR) is 58.9 cm³/mol. The van der Waals surface area contributed by atoms with Gasteiger partial charge in [-0.15, -0.1) is 0 Å². The minimum Gasteiger partial charge on any atom is -0.378 e. The van der Waals surface area contributed by atoms with Crippen molar-refractivity contribution in [1.82, 2.24) is 9.97 Å². The fraction of sp³-hybridized carbons (Fsp3) is 0.545. The van der Waals surface area contributed by atoms with E-state index in [1.54, 1.807) is 12.4 Å². The summed E-state index contributed by atoms with van der Waals surface area (Å²) in [5.41, 5.74) is 0. The van der Waals surface area contributed by atoms with E-state index in [2.05, 4.69) is 15.3 Å². The molecule has 1 fully saturated rings. The van der Waals surface area contributed by atoms with Gasteiger partial charge in [0.15, 0.2) is 5.82 Å². The Balaban J connectivity index is 1.80. The molecule has 5 nitrogen and oxygen atoms in total. The number of nitrogens with one attached hydrogen (secondary N) is 1. The molecule has 1 aromatic rings. The molecule has 86 valence electrons. The number of rotatable bonds is 3. The topological polar surface area (TPSA) is 64.1 Å². The maximum Gasteiger partial charge on any atom is 0.228 e. The van der Waals surface area contributed by atoms with E-state index in [9.17, 15) is 4.79 Å². The summed E-state index contributed by atoms with van der Waals surface area (Å²) in [6.45, 7) is 0.767. The van der Waals surface area contributed by atoms with Gasteiger partial charge >= 0.3 is 0 Å². The lowest BCUT2D eigenvalue weighted by Gasteiger charge is -2.21. The largest absolute Gasteiger partial charge is 0.378 e. The van der Waals surface area contributed by atoms with E-state index in [0.29, 0.717) is 12.2 Å². The third kappa shape index (κ3) is 3.27. The third-order valence-corrected chi connectivity index (χ3v) is 2.52. The SMILES string of the molecule is O=C(C[C@@H]1CCCCO1)Nc1cnccn1. The fourth-order valence-electron chi connectivity index (χ4n) is 1.73. The lowest BCUT2D eigenvalue weighted by Crippen LogP contribution is -2.25. The van der Waals surface area contributed by atoms with Gasteiger partial charge in [-0.25, -0.2) is 4.98 Å². The maximum atomic E-state index is 11.6. The zero-order valence-electron chi connectivity index (χ0n) is 9.06. The highest BCUT2D eigenvalue weighted by Gasteiger charge is 2.17. The smallest absolute Gasteiger partial charge is 0.228 e. The molecule has 1 atom stereocenters. The Bertz CT molecular complexity index is 336. The zero-order chi connectivity index (χ0) is 11.2. The van der Waals surface area contributed by atoms with E-state index < -0.39 is 0 Å². The first-order valence-corrected chi connectivity index (χ1v) is 5.52. The molecule has 1 N–H and O–H groups in total. The molecule has 1 aliphatic rings. The Morgan fingerprint density at radius 1 is 1.50 bits per heavy atom. The van der Waals surface area contributed by atoms with Crippen LogP contribution in [0.15, 0.2) is 18.6 Å². The molecule has 16 heavy (non-hydrogen) atoms. The van der Waals surface area contributed by atoms with Crippen LogP contribution in [-0.2, 0) is 9.53 Å². The summed E-state index contributed by atoms with van der Waals surface area (Å²) in [6.07, 6.45) is 8.31. The average molecular weight is 221 g/mol. The Labute approximate surface area is 94.2 Å². The van der Waals surface area contributed by atoms with Crippen LogP contribution in [0, 0.1) is 0 Å². The first-order chi connectivity index (χ1) is 7.84. The van der Waals surface area contributed by atoms with Gasteiger partial charge in [0.2, 0.25) is 5.91 Å². The first-order valence-electron chi connectivity index (χ1n) is 5.52. The van der Waals surface area contributed by atoms with Crippen LogP contribution in [-0.4, -0.2) is 28.6 Å². The van der Waals surface area contributed by atoms with Crippen molar-refractivity contribution < 1.29 is 9.53 Å². The zero-order valence-corrected chi connectivity index (χ0v) is 9.06. The van der Waals surface area contributed by atoms with Crippen LogP contribution in [0.5, 0.6) is 0 Å². The van der Waals surface area contributed by atoms with E-state index in [1.165, 1.54) is 6.20 Å². The number of carbonyl (C=O) groups excluding carboxylic acids is 1. The average Bonchev–Trinajstić information content (AvgIpc) is 2.31. The van der Waals surface area contributed by atoms with Crippen molar-refractivity contribution in [3.8, 4) is 0 Å². The van der Waals surface area contributed by atoms with Crippen LogP contribution in [0.25, 0.3) is 0 Å². The van der Waals surface area contributed by atoms with E-state index in [-0.39, 0.29) is 12.0 Å². The van der Waals surface area contributed by atoms with E-state index in [1.807, 2.05) is 0 Å². The molecule has 0 saturated carbocycles. The van der Waals surface area contributed by atoms with Crippen LogP contribution >= 0.6 is 0 Å². The van der Waals surface area contributed by atoms with Crippen molar-refractivity contribution in [2.75, 3.05) is 11.9 Å². The molecule has 1 saturated heterocycles. The number of hydrogen-bond donors (Lipinski definition) is 1. The summed E-state index contributed by atoms with van der Waals surface area (Å²) in [5, 5.41) is 2.70. The van der Waals surface area contributed by atoms with Gasteiger partial charge in [0.25, 0.3) is 0 Å². The molecule has 0 spiro atoms. The van der Waals surface area contributed by atoms with Crippen LogP contribution < -0.4 is 5.32 Å². The molecule has 0 unspecified atom stereocenters. The lowest BCUT2D eigenvalue weighted by molar-refractivity contribution is -0.119. The Morgan fingerprint density at radius 3 is 3.12 bits per heavy atom. The monoisotopic (exact) mass is 221 g/mol. The van der Waals surface area contributed by atoms with Crippen molar-refractivity contribution in [2.45, 2.75) is 31.8 Å². The Kier molecular flexibility index (Phi) is 3.82. The van der Waals surface area contributed by atoms with E-state index >= 15 is 0 Å². The van der Waals surface area contributed by atoms with Crippen LogP contribution in [0.2, 0.25) is 0 Å². The predicted octanol–water partition coefficient (Wildman–Crippen LogP) is 1.37. The number of amides is 1. The van der Waals surface area contributed by atoms with Gasteiger partial charge in [-0.3, -0.25) is 9.78 Å². The van der Waals surface area contributed by atoms with Crippen molar-refractivity contribution >= 4 is 11.7 Å². The minimum absolute atomic E-state index is 0.0606. The summed E-state index contributed by atoms with van der Waals surface area (Å²) < 4.78 is 5.49. The highest BCUT2D eigenvalue weighted by atomic mass is 16.5. The summed E-state index contributed by atoms with van der Waals surface area (Å²) in [5.74, 6) is 0.427. The van der Waals surface area contributed by atoms with Crippen molar-refractivity contribution in [3.05, 3.63) is 18.6 Å². The molecule has 0 bridgehead atoms. The molecule has 1 amide bonds. The van der Waals surface area contributed by atoms with Crippen LogP contribution in [0.4, 0.5) is 5.82 Å². The van der Waals surface area contributed by atoms with Crippen LogP contribution in [0.1, 0.15) is 25.7 Å². The Hall–Kier alpha value is -1.49. The molecule has 5 heteroatoms. The molecule has 2 rings (SSSR count). The van der Waals surface area contributed by atoms with Crippen molar-refractivity contribution in [3.63, 3.8) is 0 Å². The third-order valence-electron chi connectivity index (χ3n) is 2.52. The second-order valence-electron chi connectivity index (χ2n) is 3.83. The van der Waals surface area contributed by atoms with Gasteiger partial charge in [-0.2, -0.15) is 0 Å². The molecule has 0 aliphatic carbocycles. The summed E-state index contributed by atoms with van der Waals surface area (Å²) in [4.78, 5) is 19.5. The molecule has 1 aromatic heterocycles. The molecule has 2 heterocycles. The molecule has 0 aromatic carbocycles. The van der Waals surface area contributed by atoms with Gasteiger partial charge in [0.05, 0.1) is 18.7 Å². The highest BCUT2D eigenvalue weighted by Crippen LogP contribution is 2.15. The summed E-state index contributed by atoms with van der Waals surface area (Å²) in [6, 6.07) is 0. The molecule has 0 radical (unpaired) electrons. The van der Waals surface area contributed by atoms with Gasteiger partial charge in [-0.1, -0.05) is 0 Å². The normalized spacial score (nSPS) is 20.4. The van der Waals surface area contributed by atoms with Crippen LogP contribution in [0.3, 0.4) is 0 Å². The molecule has 1 aliphatic heterocycles. The quantitative estimate of drug-likeness (QED) is 0.837. The maximum absolute atomic E-state index is 11.6. The van der Waals surface area contributed by atoms with Gasteiger partial charge < -0.3 is 10.1 Å². The van der Waals surface area contributed by atoms with Gasteiger partial charge in [-0.05, 0) is 19.3 Å².